The smallest absolute Gasteiger partial charge is 0.0540 e. The Kier molecular flexibility index (Phi) is 4.12. The lowest BCUT2D eigenvalue weighted by atomic mass is 9.89. The molecule has 2 aromatic rings. The van der Waals surface area contributed by atoms with Gasteiger partial charge in [0.05, 0.1) is 5.71 Å². The molecule has 1 aliphatic carbocycles. The molecule has 0 saturated carbocycles. The van der Waals surface area contributed by atoms with Crippen molar-refractivity contribution < 1.29 is 0 Å². The molecule has 0 saturated heterocycles. The van der Waals surface area contributed by atoms with Gasteiger partial charge in [-0.3, -0.25) is 0 Å². The first kappa shape index (κ1) is 15.2. The van der Waals surface area contributed by atoms with Crippen molar-refractivity contribution in [2.45, 2.75) is 20.8 Å². The number of hydrogen-bond acceptors (Lipinski definition) is 1. The topological polar surface area (TPSA) is 23.9 Å². The summed E-state index contributed by atoms with van der Waals surface area (Å²) in [4.78, 5) is 0. The first-order valence-corrected chi connectivity index (χ1v) is 7.88. The zero-order valence-electron chi connectivity index (χ0n) is 13.9. The van der Waals surface area contributed by atoms with Gasteiger partial charge < -0.3 is 5.41 Å². The highest BCUT2D eigenvalue weighted by Gasteiger charge is 2.11. The van der Waals surface area contributed by atoms with Crippen molar-refractivity contribution in [1.82, 2.24) is 0 Å². The van der Waals surface area contributed by atoms with Crippen LogP contribution in [-0.4, -0.2) is 5.71 Å². The van der Waals surface area contributed by atoms with E-state index in [-0.39, 0.29) is 0 Å². The summed E-state index contributed by atoms with van der Waals surface area (Å²) in [6.07, 6.45) is 7.77. The minimum Gasteiger partial charge on any atom is -0.301 e. The van der Waals surface area contributed by atoms with Gasteiger partial charge in [0.25, 0.3) is 0 Å². The van der Waals surface area contributed by atoms with E-state index in [1.807, 2.05) is 24.3 Å². The second kappa shape index (κ2) is 6.21. The van der Waals surface area contributed by atoms with Gasteiger partial charge >= 0.3 is 0 Å². The number of allylic oxidation sites excluding steroid dienone is 5. The largest absolute Gasteiger partial charge is 0.301 e. The van der Waals surface area contributed by atoms with Crippen LogP contribution in [0.1, 0.15) is 27.8 Å². The van der Waals surface area contributed by atoms with Crippen LogP contribution in [0.25, 0.3) is 5.57 Å². The molecule has 0 bridgehead atoms. The van der Waals surface area contributed by atoms with Crippen LogP contribution in [0.5, 0.6) is 0 Å². The minimum absolute atomic E-state index is 0.539. The van der Waals surface area contributed by atoms with E-state index in [0.29, 0.717) is 5.71 Å². The van der Waals surface area contributed by atoms with Gasteiger partial charge in [0.1, 0.15) is 0 Å². The Morgan fingerprint density at radius 1 is 0.696 bits per heavy atom. The molecule has 3 rings (SSSR count). The minimum atomic E-state index is 0.539. The molecule has 0 radical (unpaired) electrons. The summed E-state index contributed by atoms with van der Waals surface area (Å²) in [7, 11) is 0. The maximum atomic E-state index is 7.72. The van der Waals surface area contributed by atoms with Gasteiger partial charge in [0.15, 0.2) is 0 Å². The SMILES string of the molecule is Cc1ccc(C(=C2C=CC(=N)C=C2)c2ccc(C)c(C)c2)cc1. The Bertz CT molecular complexity index is 828. The molecule has 0 aliphatic heterocycles. The van der Waals surface area contributed by atoms with E-state index in [1.54, 1.807) is 0 Å². The number of aryl methyl sites for hydroxylation is 3. The van der Waals surface area contributed by atoms with Gasteiger partial charge in [0, 0.05) is 0 Å². The fourth-order valence-corrected chi connectivity index (χ4v) is 2.75. The zero-order valence-corrected chi connectivity index (χ0v) is 13.9. The lowest BCUT2D eigenvalue weighted by Crippen LogP contribution is -1.98. The Balaban J connectivity index is 2.22. The number of rotatable bonds is 2. The average Bonchev–Trinajstić information content (AvgIpc) is 2.55. The third-order valence-corrected chi connectivity index (χ3v) is 4.31. The summed E-state index contributed by atoms with van der Waals surface area (Å²) < 4.78 is 0. The predicted molar refractivity (Wildman–Crippen MR) is 99.1 cm³/mol. The Labute approximate surface area is 138 Å². The van der Waals surface area contributed by atoms with Gasteiger partial charge in [-0.2, -0.15) is 0 Å². The van der Waals surface area contributed by atoms with Crippen LogP contribution in [0.15, 0.2) is 72.3 Å². The van der Waals surface area contributed by atoms with E-state index in [1.165, 1.54) is 33.4 Å². The molecule has 0 aromatic heterocycles. The van der Waals surface area contributed by atoms with E-state index in [9.17, 15) is 0 Å². The summed E-state index contributed by atoms with van der Waals surface area (Å²) in [5.41, 5.74) is 9.18. The molecule has 0 unspecified atom stereocenters. The van der Waals surface area contributed by atoms with Gasteiger partial charge in [-0.25, -0.2) is 0 Å². The van der Waals surface area contributed by atoms with Crippen molar-refractivity contribution in [3.63, 3.8) is 0 Å². The van der Waals surface area contributed by atoms with Crippen molar-refractivity contribution in [1.29, 1.82) is 5.41 Å². The van der Waals surface area contributed by atoms with Crippen LogP contribution < -0.4 is 0 Å². The molecule has 1 aliphatic rings. The summed E-state index contributed by atoms with van der Waals surface area (Å²) in [6, 6.07) is 15.3. The van der Waals surface area contributed by atoms with Crippen LogP contribution in [0.3, 0.4) is 0 Å². The maximum Gasteiger partial charge on any atom is 0.0540 e. The monoisotopic (exact) mass is 299 g/mol. The molecule has 1 nitrogen and oxygen atoms in total. The van der Waals surface area contributed by atoms with Crippen LogP contribution in [-0.2, 0) is 0 Å². The fourth-order valence-electron chi connectivity index (χ4n) is 2.75. The van der Waals surface area contributed by atoms with E-state index in [2.05, 4.69) is 63.2 Å². The van der Waals surface area contributed by atoms with Crippen molar-refractivity contribution in [3.8, 4) is 0 Å². The molecule has 0 atom stereocenters. The standard InChI is InChI=1S/C22H21N/c1-15-4-7-18(8-5-15)22(19-10-12-21(23)13-11-19)20-9-6-16(2)17(3)14-20/h4-14,23H,1-3H3. The summed E-state index contributed by atoms with van der Waals surface area (Å²) >= 11 is 0. The summed E-state index contributed by atoms with van der Waals surface area (Å²) in [6.45, 7) is 6.40. The third-order valence-electron chi connectivity index (χ3n) is 4.31. The highest BCUT2D eigenvalue weighted by atomic mass is 14.4. The van der Waals surface area contributed by atoms with Gasteiger partial charge in [-0.05, 0) is 66.3 Å². The second-order valence-electron chi connectivity index (χ2n) is 6.12. The third kappa shape index (κ3) is 3.24. The van der Waals surface area contributed by atoms with Crippen LogP contribution in [0, 0.1) is 26.2 Å². The van der Waals surface area contributed by atoms with Crippen LogP contribution in [0.2, 0.25) is 0 Å². The lowest BCUT2D eigenvalue weighted by Gasteiger charge is -2.15. The first-order chi connectivity index (χ1) is 11.0. The van der Waals surface area contributed by atoms with E-state index < -0.39 is 0 Å². The molecule has 23 heavy (non-hydrogen) atoms. The van der Waals surface area contributed by atoms with Crippen molar-refractivity contribution in [2.75, 3.05) is 0 Å². The molecular weight excluding hydrogens is 278 g/mol. The average molecular weight is 299 g/mol. The molecule has 2 aromatic carbocycles. The fraction of sp³-hybridized carbons (Fsp3) is 0.136. The normalized spacial score (nSPS) is 13.5. The highest BCUT2D eigenvalue weighted by Crippen LogP contribution is 2.30. The molecule has 0 fully saturated rings. The predicted octanol–water partition coefficient (Wildman–Crippen LogP) is 5.56. The molecule has 1 heteroatoms. The quantitative estimate of drug-likeness (QED) is 0.750. The molecule has 1 N–H and O–H groups in total. The zero-order chi connectivity index (χ0) is 16.4. The Hall–Kier alpha value is -2.67. The molecule has 0 amide bonds. The number of nitrogens with one attached hydrogen (secondary N) is 1. The first-order valence-electron chi connectivity index (χ1n) is 7.88. The van der Waals surface area contributed by atoms with E-state index >= 15 is 0 Å². The van der Waals surface area contributed by atoms with Gasteiger partial charge in [-0.15, -0.1) is 0 Å². The molecule has 0 heterocycles. The lowest BCUT2D eigenvalue weighted by molar-refractivity contribution is 1.32. The highest BCUT2D eigenvalue weighted by molar-refractivity contribution is 6.05. The molecule has 0 spiro atoms. The molecule has 114 valence electrons. The molecular formula is C22H21N. The van der Waals surface area contributed by atoms with Gasteiger partial charge in [0.2, 0.25) is 0 Å². The maximum absolute atomic E-state index is 7.72. The summed E-state index contributed by atoms with van der Waals surface area (Å²) in [5, 5.41) is 7.72. The van der Waals surface area contributed by atoms with Gasteiger partial charge in [-0.1, -0.05) is 60.2 Å². The van der Waals surface area contributed by atoms with E-state index in [4.69, 9.17) is 5.41 Å². The van der Waals surface area contributed by atoms with Crippen molar-refractivity contribution in [3.05, 3.63) is 100 Å². The summed E-state index contributed by atoms with van der Waals surface area (Å²) in [5.74, 6) is 0. The Morgan fingerprint density at radius 3 is 1.91 bits per heavy atom. The van der Waals surface area contributed by atoms with Crippen molar-refractivity contribution in [2.24, 2.45) is 0 Å². The number of benzene rings is 2. The van der Waals surface area contributed by atoms with Crippen LogP contribution >= 0.6 is 0 Å². The second-order valence-corrected chi connectivity index (χ2v) is 6.12. The Morgan fingerprint density at radius 2 is 1.30 bits per heavy atom. The van der Waals surface area contributed by atoms with Crippen molar-refractivity contribution >= 4 is 11.3 Å². The van der Waals surface area contributed by atoms with E-state index in [0.717, 1.165) is 5.57 Å². The number of hydrogen-bond donors (Lipinski definition) is 1. The van der Waals surface area contributed by atoms with Crippen LogP contribution in [0.4, 0.5) is 0 Å².